The Labute approximate surface area is 131 Å². The average molecular weight is 316 g/mol. The summed E-state index contributed by atoms with van der Waals surface area (Å²) in [5.74, 6) is -0.0834. The van der Waals surface area contributed by atoms with Gasteiger partial charge in [0.1, 0.15) is 5.51 Å². The van der Waals surface area contributed by atoms with Gasteiger partial charge in [-0.2, -0.15) is 10.2 Å². The highest BCUT2D eigenvalue weighted by molar-refractivity contribution is 7.14. The van der Waals surface area contributed by atoms with Crippen molar-refractivity contribution < 1.29 is 4.79 Å². The molecule has 22 heavy (non-hydrogen) atoms. The maximum Gasteiger partial charge on any atom is 0.255 e. The van der Waals surface area contributed by atoms with Crippen LogP contribution in [0, 0.1) is 0 Å². The smallest absolute Gasteiger partial charge is 0.255 e. The van der Waals surface area contributed by atoms with Gasteiger partial charge in [-0.05, 0) is 26.2 Å². The molecule has 0 bridgehead atoms. The minimum absolute atomic E-state index is 0.0834. The Kier molecular flexibility index (Phi) is 3.18. The van der Waals surface area contributed by atoms with Crippen LogP contribution in [0.5, 0.6) is 0 Å². The monoisotopic (exact) mass is 316 g/mol. The van der Waals surface area contributed by atoms with Gasteiger partial charge >= 0.3 is 0 Å². The molecule has 4 heterocycles. The Morgan fingerprint density at radius 1 is 1.41 bits per heavy atom. The number of hydrogen-bond donors (Lipinski definition) is 1. The van der Waals surface area contributed by atoms with Crippen LogP contribution in [0.4, 0.5) is 0 Å². The molecule has 1 amide bonds. The van der Waals surface area contributed by atoms with Crippen LogP contribution >= 0.6 is 11.3 Å². The zero-order valence-corrected chi connectivity index (χ0v) is 13.0. The molecule has 8 heteroatoms. The van der Waals surface area contributed by atoms with E-state index in [1.807, 2.05) is 17.8 Å². The first-order valence-electron chi connectivity index (χ1n) is 7.36. The van der Waals surface area contributed by atoms with Crippen LogP contribution in [-0.2, 0) is 13.0 Å². The number of hydrogen-bond acceptors (Lipinski definition) is 5. The molecule has 0 aliphatic carbocycles. The number of nitrogens with zero attached hydrogens (tertiary/aromatic N) is 5. The van der Waals surface area contributed by atoms with E-state index < -0.39 is 0 Å². The highest BCUT2D eigenvalue weighted by atomic mass is 32.1. The SMILES string of the molecule is C[C@@H](NC(=O)c1cnn2c1CCCC2)c1cn2ncsc2n1. The van der Waals surface area contributed by atoms with Crippen molar-refractivity contribution in [2.75, 3.05) is 0 Å². The number of aryl methyl sites for hydroxylation is 1. The third-order valence-electron chi connectivity index (χ3n) is 4.02. The molecule has 0 saturated carbocycles. The van der Waals surface area contributed by atoms with E-state index >= 15 is 0 Å². The van der Waals surface area contributed by atoms with Gasteiger partial charge in [-0.3, -0.25) is 9.48 Å². The van der Waals surface area contributed by atoms with Crippen LogP contribution in [0.2, 0.25) is 0 Å². The van der Waals surface area contributed by atoms with Crippen molar-refractivity contribution in [1.29, 1.82) is 0 Å². The van der Waals surface area contributed by atoms with Crippen molar-refractivity contribution in [3.8, 4) is 0 Å². The molecule has 1 atom stereocenters. The molecule has 114 valence electrons. The van der Waals surface area contributed by atoms with Crippen LogP contribution < -0.4 is 5.32 Å². The summed E-state index contributed by atoms with van der Waals surface area (Å²) in [5, 5.41) is 11.5. The average Bonchev–Trinajstić information content (AvgIpc) is 3.20. The Bertz CT molecular complexity index is 803. The summed E-state index contributed by atoms with van der Waals surface area (Å²) in [5.41, 5.74) is 4.29. The zero-order chi connectivity index (χ0) is 15.1. The minimum Gasteiger partial charge on any atom is -0.344 e. The van der Waals surface area contributed by atoms with Gasteiger partial charge in [0.15, 0.2) is 0 Å². The van der Waals surface area contributed by atoms with Crippen molar-refractivity contribution in [2.45, 2.75) is 38.8 Å². The van der Waals surface area contributed by atoms with Gasteiger partial charge in [0.25, 0.3) is 5.91 Å². The fraction of sp³-hybridized carbons (Fsp3) is 0.429. The highest BCUT2D eigenvalue weighted by Gasteiger charge is 2.22. The fourth-order valence-electron chi connectivity index (χ4n) is 2.82. The molecule has 0 unspecified atom stereocenters. The lowest BCUT2D eigenvalue weighted by atomic mass is 10.1. The third-order valence-corrected chi connectivity index (χ3v) is 4.71. The molecule has 0 fully saturated rings. The number of amides is 1. The van der Waals surface area contributed by atoms with E-state index in [0.29, 0.717) is 5.56 Å². The van der Waals surface area contributed by atoms with Crippen LogP contribution in [0.3, 0.4) is 0 Å². The minimum atomic E-state index is -0.166. The van der Waals surface area contributed by atoms with E-state index in [-0.39, 0.29) is 11.9 Å². The second-order valence-electron chi connectivity index (χ2n) is 5.51. The van der Waals surface area contributed by atoms with E-state index in [2.05, 4.69) is 20.5 Å². The van der Waals surface area contributed by atoms with Gasteiger partial charge in [0.2, 0.25) is 4.96 Å². The standard InChI is InChI=1S/C14H16N6OS/c1-9(11-7-20-14(18-11)22-8-16-20)17-13(21)10-6-15-19-5-3-2-4-12(10)19/h6-9H,2-5H2,1H3,(H,17,21)/t9-/m1/s1. The van der Waals surface area contributed by atoms with Crippen molar-refractivity contribution in [3.63, 3.8) is 0 Å². The van der Waals surface area contributed by atoms with Gasteiger partial charge in [0.05, 0.1) is 35.4 Å². The summed E-state index contributed by atoms with van der Waals surface area (Å²) < 4.78 is 3.67. The van der Waals surface area contributed by atoms with Gasteiger partial charge in [-0.15, -0.1) is 0 Å². The van der Waals surface area contributed by atoms with Crippen molar-refractivity contribution in [2.24, 2.45) is 0 Å². The summed E-state index contributed by atoms with van der Waals surface area (Å²) in [6.45, 7) is 2.83. The normalized spacial score (nSPS) is 15.7. The van der Waals surface area contributed by atoms with Crippen molar-refractivity contribution >= 4 is 22.2 Å². The quantitative estimate of drug-likeness (QED) is 0.799. The second-order valence-corrected chi connectivity index (χ2v) is 6.32. The summed E-state index contributed by atoms with van der Waals surface area (Å²) in [4.78, 5) is 17.8. The number of fused-ring (bicyclic) bond motifs is 2. The van der Waals surface area contributed by atoms with Crippen LogP contribution in [0.15, 0.2) is 17.9 Å². The largest absolute Gasteiger partial charge is 0.344 e. The molecular formula is C14H16N6OS. The molecular weight excluding hydrogens is 300 g/mol. The molecule has 1 aliphatic heterocycles. The molecule has 0 spiro atoms. The summed E-state index contributed by atoms with van der Waals surface area (Å²) in [6.07, 6.45) is 6.69. The van der Waals surface area contributed by atoms with E-state index in [0.717, 1.165) is 42.2 Å². The molecule has 0 aromatic carbocycles. The van der Waals surface area contributed by atoms with Gasteiger partial charge in [-0.25, -0.2) is 9.50 Å². The number of nitrogens with one attached hydrogen (secondary N) is 1. The van der Waals surface area contributed by atoms with Crippen LogP contribution in [-0.4, -0.2) is 30.3 Å². The lowest BCUT2D eigenvalue weighted by Gasteiger charge is -2.15. The molecule has 7 nitrogen and oxygen atoms in total. The molecule has 0 saturated heterocycles. The Balaban J connectivity index is 1.53. The lowest BCUT2D eigenvalue weighted by Crippen LogP contribution is -2.28. The molecule has 1 aliphatic rings. The fourth-order valence-corrected chi connectivity index (χ4v) is 3.43. The second kappa shape index (κ2) is 5.20. The first-order valence-corrected chi connectivity index (χ1v) is 8.24. The molecule has 0 radical (unpaired) electrons. The maximum atomic E-state index is 12.5. The predicted octanol–water partition coefficient (Wildman–Crippen LogP) is 1.81. The third kappa shape index (κ3) is 2.19. The van der Waals surface area contributed by atoms with Crippen LogP contribution in [0.1, 0.15) is 47.6 Å². The Morgan fingerprint density at radius 3 is 3.18 bits per heavy atom. The Morgan fingerprint density at radius 2 is 2.32 bits per heavy atom. The Hall–Kier alpha value is -2.22. The number of rotatable bonds is 3. The molecule has 4 rings (SSSR count). The number of carbonyl (C=O) groups is 1. The van der Waals surface area contributed by atoms with Gasteiger partial charge in [-0.1, -0.05) is 11.3 Å². The predicted molar refractivity (Wildman–Crippen MR) is 81.9 cm³/mol. The van der Waals surface area contributed by atoms with E-state index in [1.54, 1.807) is 16.2 Å². The molecule has 3 aromatic heterocycles. The van der Waals surface area contributed by atoms with Gasteiger partial charge in [0, 0.05) is 6.54 Å². The summed E-state index contributed by atoms with van der Waals surface area (Å²) in [6, 6.07) is -0.166. The topological polar surface area (TPSA) is 77.1 Å². The van der Waals surface area contributed by atoms with E-state index in [4.69, 9.17) is 0 Å². The van der Waals surface area contributed by atoms with E-state index in [9.17, 15) is 4.79 Å². The maximum absolute atomic E-state index is 12.5. The van der Waals surface area contributed by atoms with Crippen molar-refractivity contribution in [1.82, 2.24) is 29.7 Å². The number of carbonyl (C=O) groups excluding carboxylic acids is 1. The highest BCUT2D eigenvalue weighted by Crippen LogP contribution is 2.20. The van der Waals surface area contributed by atoms with Crippen molar-refractivity contribution in [3.05, 3.63) is 34.9 Å². The molecule has 1 N–H and O–H groups in total. The zero-order valence-electron chi connectivity index (χ0n) is 12.2. The number of aromatic nitrogens is 5. The first kappa shape index (κ1) is 13.4. The summed E-state index contributed by atoms with van der Waals surface area (Å²) >= 11 is 1.48. The summed E-state index contributed by atoms with van der Waals surface area (Å²) in [7, 11) is 0. The first-order chi connectivity index (χ1) is 10.7. The van der Waals surface area contributed by atoms with Gasteiger partial charge < -0.3 is 5.32 Å². The lowest BCUT2D eigenvalue weighted by molar-refractivity contribution is 0.0938. The van der Waals surface area contributed by atoms with Crippen LogP contribution in [0.25, 0.3) is 4.96 Å². The van der Waals surface area contributed by atoms with E-state index in [1.165, 1.54) is 11.3 Å². The molecule has 3 aromatic rings. The number of imidazole rings is 1.